The zero-order chi connectivity index (χ0) is 20.5. The Hall–Kier alpha value is -2.33. The molecule has 7 nitrogen and oxygen atoms in total. The van der Waals surface area contributed by atoms with Crippen molar-refractivity contribution in [3.8, 4) is 0 Å². The minimum absolute atomic E-state index is 0.00367. The Labute approximate surface area is 162 Å². The molecule has 0 radical (unpaired) electrons. The van der Waals surface area contributed by atoms with Crippen LogP contribution in [0.25, 0.3) is 0 Å². The molecule has 1 aromatic heterocycles. The number of rotatable bonds is 5. The lowest BCUT2D eigenvalue weighted by Gasteiger charge is -2.34. The van der Waals surface area contributed by atoms with Gasteiger partial charge < -0.3 is 9.47 Å². The summed E-state index contributed by atoms with van der Waals surface area (Å²) in [6.45, 7) is 4.93. The average molecular weight is 412 g/mol. The molecule has 1 aliphatic heterocycles. The van der Waals surface area contributed by atoms with E-state index in [1.165, 1.54) is 6.20 Å². The van der Waals surface area contributed by atoms with Crippen LogP contribution in [0.3, 0.4) is 0 Å². The normalized spacial score (nSPS) is 16.0. The molecule has 0 amide bonds. The standard InChI is InChI=1S/C18H22F2N4O3S/c1-13(2)12-23-7-6-21-17(18(23)25)22-8-10-24(11-9-22)28(26,27)16-14(19)4-3-5-15(16)20/h3-7,13H,8-12H2,1-2H3. The lowest BCUT2D eigenvalue weighted by atomic mass is 10.2. The molecule has 0 aliphatic carbocycles. The van der Waals surface area contributed by atoms with Gasteiger partial charge in [-0.25, -0.2) is 22.2 Å². The van der Waals surface area contributed by atoms with Crippen molar-refractivity contribution in [2.45, 2.75) is 25.3 Å². The first-order chi connectivity index (χ1) is 13.2. The van der Waals surface area contributed by atoms with Crippen LogP contribution in [-0.4, -0.2) is 48.5 Å². The molecule has 1 aliphatic rings. The second-order valence-corrected chi connectivity index (χ2v) is 8.92. The highest BCUT2D eigenvalue weighted by molar-refractivity contribution is 7.89. The van der Waals surface area contributed by atoms with Crippen LogP contribution < -0.4 is 10.5 Å². The van der Waals surface area contributed by atoms with E-state index in [1.54, 1.807) is 15.7 Å². The molecule has 10 heteroatoms. The van der Waals surface area contributed by atoms with Crippen molar-refractivity contribution in [1.82, 2.24) is 13.9 Å². The SMILES string of the molecule is CC(C)Cn1ccnc(N2CCN(S(=O)(=O)c3c(F)cccc3F)CC2)c1=O. The molecule has 3 rings (SSSR count). The summed E-state index contributed by atoms with van der Waals surface area (Å²) in [4.78, 5) is 17.5. The Morgan fingerprint density at radius 1 is 1.11 bits per heavy atom. The van der Waals surface area contributed by atoms with E-state index in [9.17, 15) is 22.0 Å². The number of benzene rings is 1. The monoisotopic (exact) mass is 412 g/mol. The highest BCUT2D eigenvalue weighted by Gasteiger charge is 2.33. The summed E-state index contributed by atoms with van der Waals surface area (Å²) in [7, 11) is -4.31. The van der Waals surface area contributed by atoms with Crippen molar-refractivity contribution in [3.63, 3.8) is 0 Å². The maximum atomic E-state index is 13.9. The molecule has 1 fully saturated rings. The third-order valence-corrected chi connectivity index (χ3v) is 6.46. The van der Waals surface area contributed by atoms with E-state index >= 15 is 0 Å². The van der Waals surface area contributed by atoms with Crippen LogP contribution in [0.1, 0.15) is 13.8 Å². The Morgan fingerprint density at radius 3 is 2.29 bits per heavy atom. The van der Waals surface area contributed by atoms with Gasteiger partial charge >= 0.3 is 0 Å². The van der Waals surface area contributed by atoms with Crippen LogP contribution in [0.2, 0.25) is 0 Å². The Morgan fingerprint density at radius 2 is 1.71 bits per heavy atom. The van der Waals surface area contributed by atoms with Crippen molar-refractivity contribution in [2.75, 3.05) is 31.1 Å². The van der Waals surface area contributed by atoms with Crippen molar-refractivity contribution in [3.05, 3.63) is 52.6 Å². The average Bonchev–Trinajstić information content (AvgIpc) is 2.63. The summed E-state index contributed by atoms with van der Waals surface area (Å²) in [5, 5.41) is 0. The van der Waals surface area contributed by atoms with Gasteiger partial charge in [-0.2, -0.15) is 4.31 Å². The topological polar surface area (TPSA) is 75.5 Å². The van der Waals surface area contributed by atoms with E-state index in [0.717, 1.165) is 22.5 Å². The van der Waals surface area contributed by atoms with Gasteiger partial charge in [0.15, 0.2) is 10.7 Å². The largest absolute Gasteiger partial charge is 0.349 e. The highest BCUT2D eigenvalue weighted by Crippen LogP contribution is 2.24. The summed E-state index contributed by atoms with van der Waals surface area (Å²) in [6.07, 6.45) is 3.16. The van der Waals surface area contributed by atoms with Crippen molar-refractivity contribution < 1.29 is 17.2 Å². The van der Waals surface area contributed by atoms with E-state index in [4.69, 9.17) is 0 Å². The third kappa shape index (κ3) is 3.93. The number of hydrogen-bond acceptors (Lipinski definition) is 5. The summed E-state index contributed by atoms with van der Waals surface area (Å²) >= 11 is 0. The summed E-state index contributed by atoms with van der Waals surface area (Å²) in [6, 6.07) is 2.94. The summed E-state index contributed by atoms with van der Waals surface area (Å²) < 4.78 is 55.8. The van der Waals surface area contributed by atoms with Crippen molar-refractivity contribution >= 4 is 15.8 Å². The molecular formula is C18H22F2N4O3S. The van der Waals surface area contributed by atoms with E-state index in [1.807, 2.05) is 13.8 Å². The fourth-order valence-electron chi connectivity index (χ4n) is 3.19. The molecule has 0 spiro atoms. The quantitative estimate of drug-likeness (QED) is 0.747. The summed E-state index contributed by atoms with van der Waals surface area (Å²) in [5.74, 6) is -1.71. The van der Waals surface area contributed by atoms with Gasteiger partial charge in [0.05, 0.1) is 0 Å². The first-order valence-corrected chi connectivity index (χ1v) is 10.4. The van der Waals surface area contributed by atoms with E-state index in [0.29, 0.717) is 6.54 Å². The van der Waals surface area contributed by atoms with Crippen molar-refractivity contribution in [2.24, 2.45) is 5.92 Å². The molecular weight excluding hydrogens is 390 g/mol. The number of anilines is 1. The smallest absolute Gasteiger partial charge is 0.293 e. The molecule has 0 N–H and O–H groups in total. The Kier molecular flexibility index (Phi) is 5.80. The van der Waals surface area contributed by atoms with Gasteiger partial charge in [-0.15, -0.1) is 0 Å². The van der Waals surface area contributed by atoms with Gasteiger partial charge in [-0.05, 0) is 18.1 Å². The van der Waals surface area contributed by atoms with E-state index in [-0.39, 0.29) is 43.5 Å². The van der Waals surface area contributed by atoms with E-state index in [2.05, 4.69) is 4.98 Å². The predicted molar refractivity (Wildman–Crippen MR) is 101 cm³/mol. The van der Waals surface area contributed by atoms with Gasteiger partial charge in [-0.3, -0.25) is 4.79 Å². The van der Waals surface area contributed by atoms with Gasteiger partial charge in [0, 0.05) is 45.1 Å². The first-order valence-electron chi connectivity index (χ1n) is 8.96. The number of aromatic nitrogens is 2. The molecule has 2 aromatic rings. The van der Waals surface area contributed by atoms with Gasteiger partial charge in [0.2, 0.25) is 10.0 Å². The van der Waals surface area contributed by atoms with Crippen LogP contribution in [0.4, 0.5) is 14.6 Å². The number of halogens is 2. The van der Waals surface area contributed by atoms with Crippen LogP contribution in [0, 0.1) is 17.6 Å². The minimum atomic E-state index is -4.31. The predicted octanol–water partition coefficient (Wildman–Crippen LogP) is 1.69. The Balaban J connectivity index is 1.79. The lowest BCUT2D eigenvalue weighted by Crippen LogP contribution is -2.50. The maximum absolute atomic E-state index is 13.9. The fraction of sp³-hybridized carbons (Fsp3) is 0.444. The highest BCUT2D eigenvalue weighted by atomic mass is 32.2. The maximum Gasteiger partial charge on any atom is 0.293 e. The minimum Gasteiger partial charge on any atom is -0.349 e. The van der Waals surface area contributed by atoms with Gasteiger partial charge in [0.1, 0.15) is 11.6 Å². The van der Waals surface area contributed by atoms with Crippen LogP contribution in [-0.2, 0) is 16.6 Å². The molecule has 152 valence electrons. The zero-order valence-corrected chi connectivity index (χ0v) is 16.5. The van der Waals surface area contributed by atoms with Crippen LogP contribution in [0.5, 0.6) is 0 Å². The molecule has 28 heavy (non-hydrogen) atoms. The van der Waals surface area contributed by atoms with Crippen LogP contribution in [0.15, 0.2) is 40.3 Å². The number of sulfonamides is 1. The molecule has 0 atom stereocenters. The number of nitrogens with zero attached hydrogens (tertiary/aromatic N) is 4. The molecule has 0 bridgehead atoms. The molecule has 1 saturated heterocycles. The van der Waals surface area contributed by atoms with Gasteiger partial charge in [-0.1, -0.05) is 19.9 Å². The second kappa shape index (κ2) is 7.96. The third-order valence-electron chi connectivity index (χ3n) is 4.51. The van der Waals surface area contributed by atoms with Gasteiger partial charge in [0.25, 0.3) is 5.56 Å². The number of piperazine rings is 1. The lowest BCUT2D eigenvalue weighted by molar-refractivity contribution is 0.376. The summed E-state index contributed by atoms with van der Waals surface area (Å²) in [5.41, 5.74) is -0.243. The Bertz CT molecular complexity index is 995. The first kappa shape index (κ1) is 20.4. The van der Waals surface area contributed by atoms with E-state index < -0.39 is 26.6 Å². The molecule has 0 saturated carbocycles. The molecule has 0 unspecified atom stereocenters. The molecule has 1 aromatic carbocycles. The molecule has 2 heterocycles. The fourth-order valence-corrected chi connectivity index (χ4v) is 4.72. The zero-order valence-electron chi connectivity index (χ0n) is 15.7. The van der Waals surface area contributed by atoms with Crippen molar-refractivity contribution in [1.29, 1.82) is 0 Å². The van der Waals surface area contributed by atoms with Crippen LogP contribution >= 0.6 is 0 Å². The second-order valence-electron chi connectivity index (χ2n) is 7.04. The number of hydrogen-bond donors (Lipinski definition) is 0.